The molecule has 0 saturated heterocycles. The summed E-state index contributed by atoms with van der Waals surface area (Å²) >= 11 is 0. The highest BCUT2D eigenvalue weighted by Crippen LogP contribution is 2.36. The van der Waals surface area contributed by atoms with Gasteiger partial charge >= 0.3 is 0 Å². The molecule has 4 rings (SSSR count). The first-order valence-corrected chi connectivity index (χ1v) is 8.50. The minimum atomic E-state index is -0.318. The van der Waals surface area contributed by atoms with Crippen molar-refractivity contribution >= 4 is 0 Å². The lowest BCUT2D eigenvalue weighted by Crippen LogP contribution is -2.17. The van der Waals surface area contributed by atoms with Crippen molar-refractivity contribution < 1.29 is 9.50 Å². The van der Waals surface area contributed by atoms with Gasteiger partial charge in [-0.25, -0.2) is 19.0 Å². The smallest absolute Gasteiger partial charge is 0.148 e. The Bertz CT molecular complexity index is 871. The van der Waals surface area contributed by atoms with Crippen LogP contribution < -0.4 is 0 Å². The third-order valence-electron chi connectivity index (χ3n) is 4.83. The maximum absolute atomic E-state index is 14.0. The number of benzene rings is 1. The predicted molar refractivity (Wildman–Crippen MR) is 91.8 cm³/mol. The number of aliphatic hydroxyl groups excluding tert-OH is 1. The molecule has 3 aromatic rings. The van der Waals surface area contributed by atoms with Crippen LogP contribution >= 0.6 is 0 Å². The van der Waals surface area contributed by atoms with E-state index in [9.17, 15) is 9.50 Å². The molecule has 1 aliphatic rings. The Labute approximate surface area is 145 Å². The van der Waals surface area contributed by atoms with Crippen molar-refractivity contribution in [1.82, 2.24) is 19.7 Å². The lowest BCUT2D eigenvalue weighted by Gasteiger charge is -2.26. The fraction of sp³-hybridized carbons (Fsp3) is 0.316. The largest absolute Gasteiger partial charge is 0.393 e. The van der Waals surface area contributed by atoms with Gasteiger partial charge in [-0.2, -0.15) is 5.10 Å². The van der Waals surface area contributed by atoms with Crippen molar-refractivity contribution in [3.8, 4) is 16.9 Å². The summed E-state index contributed by atoms with van der Waals surface area (Å²) < 4.78 is 15.5. The Kier molecular flexibility index (Phi) is 4.28. The van der Waals surface area contributed by atoms with Crippen molar-refractivity contribution in [3.05, 3.63) is 60.6 Å². The molecule has 5 nitrogen and oxygen atoms in total. The van der Waals surface area contributed by atoms with Gasteiger partial charge in [-0.05, 0) is 49.3 Å². The lowest BCUT2D eigenvalue weighted by atomic mass is 9.82. The van der Waals surface area contributed by atoms with Gasteiger partial charge in [-0.15, -0.1) is 0 Å². The summed E-state index contributed by atoms with van der Waals surface area (Å²) in [6.07, 6.45) is 10.1. The van der Waals surface area contributed by atoms with Gasteiger partial charge in [0.25, 0.3) is 0 Å². The highest BCUT2D eigenvalue weighted by Gasteiger charge is 2.24. The van der Waals surface area contributed by atoms with Crippen LogP contribution in [0.4, 0.5) is 4.39 Å². The van der Waals surface area contributed by atoms with E-state index in [1.54, 1.807) is 30.6 Å². The Morgan fingerprint density at radius 2 is 1.88 bits per heavy atom. The van der Waals surface area contributed by atoms with Crippen molar-refractivity contribution in [3.63, 3.8) is 0 Å². The molecule has 0 bridgehead atoms. The van der Waals surface area contributed by atoms with Gasteiger partial charge in [0.1, 0.15) is 17.8 Å². The number of halogens is 1. The van der Waals surface area contributed by atoms with Crippen LogP contribution in [0, 0.1) is 5.82 Å². The van der Waals surface area contributed by atoms with Crippen molar-refractivity contribution in [2.75, 3.05) is 0 Å². The molecule has 2 aromatic heterocycles. The number of hydrogen-bond donors (Lipinski definition) is 1. The summed E-state index contributed by atoms with van der Waals surface area (Å²) in [5.41, 5.74) is 3.15. The summed E-state index contributed by atoms with van der Waals surface area (Å²) in [6, 6.07) is 6.54. The molecule has 2 heterocycles. The van der Waals surface area contributed by atoms with Crippen LogP contribution in [0.2, 0.25) is 0 Å². The third-order valence-corrected chi connectivity index (χ3v) is 4.83. The Hall–Kier alpha value is -2.60. The minimum Gasteiger partial charge on any atom is -0.393 e. The van der Waals surface area contributed by atoms with Crippen LogP contribution in [0.5, 0.6) is 0 Å². The maximum Gasteiger partial charge on any atom is 0.148 e. The van der Waals surface area contributed by atoms with Crippen LogP contribution in [0.3, 0.4) is 0 Å². The molecular weight excluding hydrogens is 319 g/mol. The number of para-hydroxylation sites is 1. The number of rotatable bonds is 3. The first-order valence-electron chi connectivity index (χ1n) is 8.50. The lowest BCUT2D eigenvalue weighted by molar-refractivity contribution is 0.122. The van der Waals surface area contributed by atoms with Crippen molar-refractivity contribution in [1.29, 1.82) is 0 Å². The Balaban J connectivity index is 1.68. The molecule has 0 aliphatic heterocycles. The molecule has 1 fully saturated rings. The fourth-order valence-corrected chi connectivity index (χ4v) is 3.48. The maximum atomic E-state index is 14.0. The molecule has 25 heavy (non-hydrogen) atoms. The van der Waals surface area contributed by atoms with E-state index in [0.29, 0.717) is 11.6 Å². The van der Waals surface area contributed by atoms with Crippen molar-refractivity contribution in [2.45, 2.75) is 37.7 Å². The standard InChI is InChI=1S/C19H19FN4O/c20-17-3-1-2-4-18(17)24-11-14(9-23-24)19-16(10-21-12-22-19)13-5-7-15(25)8-6-13/h1-4,9-13,15,25H,5-8H2. The molecule has 1 aromatic carbocycles. The number of aliphatic hydroxyl groups is 1. The average Bonchev–Trinajstić information content (AvgIpc) is 3.12. The second kappa shape index (κ2) is 6.72. The van der Waals surface area contributed by atoms with Gasteiger partial charge in [0.05, 0.1) is 18.0 Å². The van der Waals surface area contributed by atoms with E-state index in [0.717, 1.165) is 42.5 Å². The normalized spacial score (nSPS) is 20.6. The Morgan fingerprint density at radius 1 is 1.08 bits per heavy atom. The second-order valence-electron chi connectivity index (χ2n) is 6.46. The van der Waals surface area contributed by atoms with Gasteiger partial charge in [0, 0.05) is 18.0 Å². The van der Waals surface area contributed by atoms with E-state index in [2.05, 4.69) is 15.1 Å². The van der Waals surface area contributed by atoms with Gasteiger partial charge in [0.2, 0.25) is 0 Å². The molecule has 0 amide bonds. The van der Waals surface area contributed by atoms with E-state index < -0.39 is 0 Å². The molecule has 0 spiro atoms. The molecular formula is C19H19FN4O. The first kappa shape index (κ1) is 15.9. The van der Waals surface area contributed by atoms with Gasteiger partial charge in [-0.3, -0.25) is 0 Å². The Morgan fingerprint density at radius 3 is 2.68 bits per heavy atom. The zero-order chi connectivity index (χ0) is 17.2. The summed E-state index contributed by atoms with van der Waals surface area (Å²) in [6.45, 7) is 0. The van der Waals surface area contributed by atoms with E-state index >= 15 is 0 Å². The average molecular weight is 338 g/mol. The van der Waals surface area contributed by atoms with E-state index in [-0.39, 0.29) is 11.9 Å². The summed E-state index contributed by atoms with van der Waals surface area (Å²) in [5.74, 6) is 0.0118. The molecule has 1 saturated carbocycles. The summed E-state index contributed by atoms with van der Waals surface area (Å²) in [5, 5.41) is 14.0. The quantitative estimate of drug-likeness (QED) is 0.794. The van der Waals surface area contributed by atoms with Crippen LogP contribution in [0.1, 0.15) is 37.2 Å². The molecule has 1 N–H and O–H groups in total. The molecule has 128 valence electrons. The second-order valence-corrected chi connectivity index (χ2v) is 6.46. The SMILES string of the molecule is OC1CCC(c2cncnc2-c2cnn(-c3ccccc3F)c2)CC1. The minimum absolute atomic E-state index is 0.201. The summed E-state index contributed by atoms with van der Waals surface area (Å²) in [4.78, 5) is 8.64. The number of hydrogen-bond acceptors (Lipinski definition) is 4. The number of aromatic nitrogens is 4. The monoisotopic (exact) mass is 338 g/mol. The van der Waals surface area contributed by atoms with Crippen LogP contribution in [0.15, 0.2) is 49.2 Å². The summed E-state index contributed by atoms with van der Waals surface area (Å²) in [7, 11) is 0. The van der Waals surface area contributed by atoms with Crippen LogP contribution in [-0.2, 0) is 0 Å². The van der Waals surface area contributed by atoms with Gasteiger partial charge in [0.15, 0.2) is 0 Å². The molecule has 1 aliphatic carbocycles. The van der Waals surface area contributed by atoms with E-state index in [1.165, 1.54) is 17.1 Å². The predicted octanol–water partition coefficient (Wildman–Crippen LogP) is 3.49. The van der Waals surface area contributed by atoms with Gasteiger partial charge in [-0.1, -0.05) is 12.1 Å². The molecule has 6 heteroatoms. The van der Waals surface area contributed by atoms with Gasteiger partial charge < -0.3 is 5.11 Å². The number of nitrogens with zero attached hydrogens (tertiary/aromatic N) is 4. The van der Waals surface area contributed by atoms with Crippen LogP contribution in [0.25, 0.3) is 16.9 Å². The third kappa shape index (κ3) is 3.17. The fourth-order valence-electron chi connectivity index (χ4n) is 3.48. The highest BCUT2D eigenvalue weighted by atomic mass is 19.1. The zero-order valence-corrected chi connectivity index (χ0v) is 13.7. The molecule has 0 atom stereocenters. The highest BCUT2D eigenvalue weighted by molar-refractivity contribution is 5.62. The van der Waals surface area contributed by atoms with Crippen LogP contribution in [-0.4, -0.2) is 31.0 Å². The topological polar surface area (TPSA) is 63.8 Å². The van der Waals surface area contributed by atoms with E-state index in [4.69, 9.17) is 0 Å². The molecule has 0 radical (unpaired) electrons. The zero-order valence-electron chi connectivity index (χ0n) is 13.7. The molecule has 0 unspecified atom stereocenters. The van der Waals surface area contributed by atoms with Crippen molar-refractivity contribution in [2.24, 2.45) is 0 Å². The first-order chi connectivity index (χ1) is 12.2. The van der Waals surface area contributed by atoms with E-state index in [1.807, 2.05) is 6.20 Å².